The summed E-state index contributed by atoms with van der Waals surface area (Å²) in [7, 11) is -3.66. The van der Waals surface area contributed by atoms with Gasteiger partial charge in [-0.25, -0.2) is 13.8 Å². The number of carbonyl (C=O) groups is 1. The van der Waals surface area contributed by atoms with Crippen molar-refractivity contribution in [2.45, 2.75) is 6.92 Å². The molecule has 0 radical (unpaired) electrons. The van der Waals surface area contributed by atoms with E-state index < -0.39 is 15.9 Å². The van der Waals surface area contributed by atoms with Crippen molar-refractivity contribution in [2.75, 3.05) is 17.1 Å². The van der Waals surface area contributed by atoms with Crippen LogP contribution in [0.4, 0.5) is 5.69 Å². The van der Waals surface area contributed by atoms with Gasteiger partial charge in [0.1, 0.15) is 6.54 Å². The third-order valence-electron chi connectivity index (χ3n) is 3.95. The van der Waals surface area contributed by atoms with Crippen molar-refractivity contribution in [1.29, 1.82) is 0 Å². The first-order chi connectivity index (χ1) is 12.9. The Labute approximate surface area is 162 Å². The maximum atomic E-state index is 12.4. The minimum Gasteiger partial charge on any atom is -0.271 e. The van der Waals surface area contributed by atoms with Crippen LogP contribution in [-0.4, -0.2) is 32.8 Å². The van der Waals surface area contributed by atoms with E-state index in [0.29, 0.717) is 11.4 Å². The van der Waals surface area contributed by atoms with E-state index in [1.165, 1.54) is 11.3 Å². The molecule has 0 aliphatic carbocycles. The molecule has 0 aliphatic heterocycles. The molecule has 1 N–H and O–H groups in total. The van der Waals surface area contributed by atoms with Gasteiger partial charge >= 0.3 is 0 Å². The topological polar surface area (TPSA) is 78.8 Å². The van der Waals surface area contributed by atoms with E-state index in [0.717, 1.165) is 26.2 Å². The first-order valence-electron chi connectivity index (χ1n) is 8.19. The van der Waals surface area contributed by atoms with E-state index in [1.54, 1.807) is 19.1 Å². The van der Waals surface area contributed by atoms with Gasteiger partial charge in [0.25, 0.3) is 5.91 Å². The van der Waals surface area contributed by atoms with Crippen LogP contribution in [0.25, 0.3) is 10.8 Å². The third kappa shape index (κ3) is 4.53. The Bertz CT molecular complexity index is 1090. The van der Waals surface area contributed by atoms with E-state index in [2.05, 4.69) is 10.5 Å². The first kappa shape index (κ1) is 19.1. The lowest BCUT2D eigenvalue weighted by Crippen LogP contribution is -2.39. The number of hydrogen-bond donors (Lipinski definition) is 1. The van der Waals surface area contributed by atoms with Crippen molar-refractivity contribution in [3.63, 3.8) is 0 Å². The predicted octanol–water partition coefficient (Wildman–Crippen LogP) is 3.21. The van der Waals surface area contributed by atoms with Crippen molar-refractivity contribution < 1.29 is 13.2 Å². The molecule has 0 bridgehead atoms. The maximum Gasteiger partial charge on any atom is 0.260 e. The van der Waals surface area contributed by atoms with Gasteiger partial charge in [-0.2, -0.15) is 5.10 Å². The van der Waals surface area contributed by atoms with Gasteiger partial charge in [0, 0.05) is 10.3 Å². The van der Waals surface area contributed by atoms with Gasteiger partial charge in [0.05, 0.1) is 17.7 Å². The molecule has 3 rings (SSSR count). The average Bonchev–Trinajstić information content (AvgIpc) is 3.18. The Hall–Kier alpha value is -2.71. The number of hydrogen-bond acceptors (Lipinski definition) is 5. The summed E-state index contributed by atoms with van der Waals surface area (Å²) in [5.74, 6) is -0.510. The lowest BCUT2D eigenvalue weighted by atomic mass is 10.1. The van der Waals surface area contributed by atoms with Gasteiger partial charge in [-0.05, 0) is 29.8 Å². The number of anilines is 1. The molecule has 0 aliphatic rings. The molecule has 0 spiro atoms. The molecule has 0 atom stereocenters. The Morgan fingerprint density at radius 3 is 2.56 bits per heavy atom. The standard InChI is InChI=1S/C19H19N3O3S2/c1-14(18-11-6-12-26-18)20-21-19(23)13-22(27(2,24)25)17-10-5-8-15-7-3-4-9-16(15)17/h3-12H,13H2,1-2H3,(H,21,23). The lowest BCUT2D eigenvalue weighted by molar-refractivity contribution is -0.119. The predicted molar refractivity (Wildman–Crippen MR) is 111 cm³/mol. The molecule has 2 aromatic carbocycles. The summed E-state index contributed by atoms with van der Waals surface area (Å²) in [6, 6.07) is 16.6. The van der Waals surface area contributed by atoms with Crippen molar-refractivity contribution in [1.82, 2.24) is 5.43 Å². The van der Waals surface area contributed by atoms with Crippen LogP contribution in [0.1, 0.15) is 11.8 Å². The lowest BCUT2D eigenvalue weighted by Gasteiger charge is -2.23. The normalized spacial score (nSPS) is 12.1. The monoisotopic (exact) mass is 401 g/mol. The van der Waals surface area contributed by atoms with E-state index >= 15 is 0 Å². The minimum absolute atomic E-state index is 0.353. The molecular weight excluding hydrogens is 382 g/mol. The second-order valence-corrected chi connectivity index (χ2v) is 8.83. The SMILES string of the molecule is CC(=NNC(=O)CN(c1cccc2ccccc12)S(C)(=O)=O)c1cccs1. The highest BCUT2D eigenvalue weighted by Crippen LogP contribution is 2.28. The van der Waals surface area contributed by atoms with Gasteiger partial charge < -0.3 is 0 Å². The van der Waals surface area contributed by atoms with Crippen LogP contribution >= 0.6 is 11.3 Å². The molecular formula is C19H19N3O3S2. The fraction of sp³-hybridized carbons (Fsp3) is 0.158. The number of carbonyl (C=O) groups excluding carboxylic acids is 1. The molecule has 1 amide bonds. The summed E-state index contributed by atoms with van der Waals surface area (Å²) in [6.07, 6.45) is 1.09. The second-order valence-electron chi connectivity index (χ2n) is 5.98. The zero-order valence-corrected chi connectivity index (χ0v) is 16.5. The molecule has 8 heteroatoms. The van der Waals surface area contributed by atoms with Crippen molar-refractivity contribution in [2.24, 2.45) is 5.10 Å². The summed E-state index contributed by atoms with van der Waals surface area (Å²) in [6.45, 7) is 1.43. The number of fused-ring (bicyclic) bond motifs is 1. The molecule has 0 saturated heterocycles. The Morgan fingerprint density at radius 1 is 1.11 bits per heavy atom. The summed E-state index contributed by atoms with van der Waals surface area (Å²) in [4.78, 5) is 13.3. The van der Waals surface area contributed by atoms with Gasteiger partial charge in [0.15, 0.2) is 0 Å². The zero-order chi connectivity index (χ0) is 19.4. The van der Waals surface area contributed by atoms with E-state index in [4.69, 9.17) is 0 Å². The molecule has 140 valence electrons. The molecule has 1 heterocycles. The van der Waals surface area contributed by atoms with Crippen LogP contribution < -0.4 is 9.73 Å². The largest absolute Gasteiger partial charge is 0.271 e. The number of nitrogens with one attached hydrogen (secondary N) is 1. The first-order valence-corrected chi connectivity index (χ1v) is 10.9. The Morgan fingerprint density at radius 2 is 1.85 bits per heavy atom. The van der Waals surface area contributed by atoms with E-state index in [9.17, 15) is 13.2 Å². The van der Waals surface area contributed by atoms with Crippen LogP contribution in [0.5, 0.6) is 0 Å². The van der Waals surface area contributed by atoms with Gasteiger partial charge in [0.2, 0.25) is 10.0 Å². The molecule has 1 aromatic heterocycles. The number of nitrogens with zero attached hydrogens (tertiary/aromatic N) is 2. The number of amides is 1. The highest BCUT2D eigenvalue weighted by atomic mass is 32.2. The maximum absolute atomic E-state index is 12.4. The van der Waals surface area contributed by atoms with Crippen molar-refractivity contribution in [3.05, 3.63) is 64.9 Å². The fourth-order valence-corrected chi connectivity index (χ4v) is 4.20. The van der Waals surface area contributed by atoms with Crippen molar-refractivity contribution >= 4 is 49.4 Å². The van der Waals surface area contributed by atoms with Gasteiger partial charge in [-0.3, -0.25) is 9.10 Å². The van der Waals surface area contributed by atoms with Crippen LogP contribution in [0.15, 0.2) is 65.1 Å². The summed E-state index contributed by atoms with van der Waals surface area (Å²) in [5, 5.41) is 7.64. The summed E-state index contributed by atoms with van der Waals surface area (Å²) < 4.78 is 25.8. The van der Waals surface area contributed by atoms with Gasteiger partial charge in [-0.1, -0.05) is 42.5 Å². The number of thiophene rings is 1. The molecule has 0 unspecified atom stereocenters. The zero-order valence-electron chi connectivity index (χ0n) is 14.9. The average molecular weight is 402 g/mol. The highest BCUT2D eigenvalue weighted by Gasteiger charge is 2.22. The summed E-state index contributed by atoms with van der Waals surface area (Å²) in [5.41, 5.74) is 3.56. The molecule has 6 nitrogen and oxygen atoms in total. The van der Waals surface area contributed by atoms with E-state index in [-0.39, 0.29) is 6.54 Å². The van der Waals surface area contributed by atoms with Crippen molar-refractivity contribution in [3.8, 4) is 0 Å². The molecule has 27 heavy (non-hydrogen) atoms. The number of sulfonamides is 1. The Balaban J connectivity index is 1.86. The minimum atomic E-state index is -3.66. The fourth-order valence-electron chi connectivity index (χ4n) is 2.66. The van der Waals surface area contributed by atoms with Crippen LogP contribution in [0, 0.1) is 0 Å². The molecule has 0 fully saturated rings. The van der Waals surface area contributed by atoms with Crippen LogP contribution in [0.2, 0.25) is 0 Å². The number of rotatable bonds is 6. The van der Waals surface area contributed by atoms with Crippen LogP contribution in [-0.2, 0) is 14.8 Å². The highest BCUT2D eigenvalue weighted by molar-refractivity contribution is 7.92. The van der Waals surface area contributed by atoms with Crippen LogP contribution in [0.3, 0.4) is 0 Å². The second kappa shape index (κ2) is 7.89. The molecule has 3 aromatic rings. The van der Waals surface area contributed by atoms with E-state index in [1.807, 2.05) is 47.8 Å². The molecule has 0 saturated carbocycles. The third-order valence-corrected chi connectivity index (χ3v) is 6.05. The number of benzene rings is 2. The summed E-state index contributed by atoms with van der Waals surface area (Å²) >= 11 is 1.51. The Kier molecular flexibility index (Phi) is 5.57. The van der Waals surface area contributed by atoms with Gasteiger partial charge in [-0.15, -0.1) is 11.3 Å². The number of hydrazone groups is 1. The smallest absolute Gasteiger partial charge is 0.260 e. The quantitative estimate of drug-likeness (QED) is 0.509.